The van der Waals surface area contributed by atoms with E-state index in [9.17, 15) is 0 Å². The predicted molar refractivity (Wildman–Crippen MR) is 41.4 cm³/mol. The van der Waals surface area contributed by atoms with E-state index < -0.39 is 0 Å². The van der Waals surface area contributed by atoms with Gasteiger partial charge in [-0.15, -0.1) is 0 Å². The van der Waals surface area contributed by atoms with Crippen LogP contribution in [-0.2, 0) is 13.1 Å². The zero-order valence-electron chi connectivity index (χ0n) is 6.15. The standard InChI is InChI=1S/C7H13N3/c1-9-4-6-2-7(3-8)10-5-6/h2,5,9-10H,3-4,8H2,1H3. The van der Waals surface area contributed by atoms with Crippen molar-refractivity contribution < 1.29 is 0 Å². The van der Waals surface area contributed by atoms with E-state index in [1.165, 1.54) is 5.56 Å². The zero-order valence-corrected chi connectivity index (χ0v) is 6.15. The maximum Gasteiger partial charge on any atom is 0.0332 e. The summed E-state index contributed by atoms with van der Waals surface area (Å²) < 4.78 is 0. The molecule has 0 unspecified atom stereocenters. The molecule has 0 aromatic carbocycles. The smallest absolute Gasteiger partial charge is 0.0332 e. The van der Waals surface area contributed by atoms with Crippen molar-refractivity contribution in [2.75, 3.05) is 7.05 Å². The molecule has 0 saturated carbocycles. The van der Waals surface area contributed by atoms with E-state index in [1.54, 1.807) is 0 Å². The molecule has 0 aliphatic carbocycles. The summed E-state index contributed by atoms with van der Waals surface area (Å²) in [7, 11) is 1.93. The Balaban J connectivity index is 2.59. The van der Waals surface area contributed by atoms with E-state index >= 15 is 0 Å². The van der Waals surface area contributed by atoms with Crippen LogP contribution in [0.2, 0.25) is 0 Å². The summed E-state index contributed by atoms with van der Waals surface area (Å²) in [6, 6.07) is 2.07. The van der Waals surface area contributed by atoms with Crippen molar-refractivity contribution in [3.8, 4) is 0 Å². The molecule has 0 atom stereocenters. The summed E-state index contributed by atoms with van der Waals surface area (Å²) in [6.07, 6.45) is 1.97. The van der Waals surface area contributed by atoms with Crippen LogP contribution in [0.5, 0.6) is 0 Å². The van der Waals surface area contributed by atoms with E-state index in [2.05, 4.69) is 16.4 Å². The highest BCUT2D eigenvalue weighted by atomic mass is 14.8. The number of hydrogen-bond acceptors (Lipinski definition) is 2. The molecule has 0 saturated heterocycles. The first-order valence-corrected chi connectivity index (χ1v) is 3.37. The molecular formula is C7H13N3. The van der Waals surface area contributed by atoms with Crippen molar-refractivity contribution >= 4 is 0 Å². The second kappa shape index (κ2) is 3.39. The number of nitrogens with two attached hydrogens (primary N) is 1. The van der Waals surface area contributed by atoms with Crippen LogP contribution < -0.4 is 11.1 Å². The van der Waals surface area contributed by atoms with Crippen LogP contribution >= 0.6 is 0 Å². The highest BCUT2D eigenvalue weighted by Gasteiger charge is 1.93. The van der Waals surface area contributed by atoms with Crippen molar-refractivity contribution in [3.05, 3.63) is 23.5 Å². The first kappa shape index (κ1) is 7.31. The van der Waals surface area contributed by atoms with Crippen molar-refractivity contribution in [2.24, 2.45) is 5.73 Å². The molecule has 0 fully saturated rings. The molecule has 0 radical (unpaired) electrons. The van der Waals surface area contributed by atoms with Crippen LogP contribution in [0, 0.1) is 0 Å². The lowest BCUT2D eigenvalue weighted by Gasteiger charge is -1.90. The topological polar surface area (TPSA) is 53.8 Å². The first-order valence-electron chi connectivity index (χ1n) is 3.37. The molecule has 1 heterocycles. The molecule has 1 rings (SSSR count). The van der Waals surface area contributed by atoms with Crippen LogP contribution in [0.1, 0.15) is 11.3 Å². The maximum absolute atomic E-state index is 5.41. The van der Waals surface area contributed by atoms with Gasteiger partial charge in [-0.25, -0.2) is 0 Å². The number of H-pyrrole nitrogens is 1. The normalized spacial score (nSPS) is 10.2. The number of rotatable bonds is 3. The van der Waals surface area contributed by atoms with Crippen molar-refractivity contribution in [3.63, 3.8) is 0 Å². The Bertz CT molecular complexity index is 192. The minimum Gasteiger partial charge on any atom is -0.364 e. The Morgan fingerprint density at radius 2 is 2.50 bits per heavy atom. The molecule has 10 heavy (non-hydrogen) atoms. The van der Waals surface area contributed by atoms with Crippen molar-refractivity contribution in [1.82, 2.24) is 10.3 Å². The van der Waals surface area contributed by atoms with Gasteiger partial charge < -0.3 is 16.0 Å². The largest absolute Gasteiger partial charge is 0.364 e. The molecule has 0 aliphatic rings. The van der Waals surface area contributed by atoms with Crippen molar-refractivity contribution in [2.45, 2.75) is 13.1 Å². The summed E-state index contributed by atoms with van der Waals surface area (Å²) in [4.78, 5) is 3.08. The molecule has 3 nitrogen and oxygen atoms in total. The minimum absolute atomic E-state index is 0.587. The Kier molecular flexibility index (Phi) is 2.48. The second-order valence-corrected chi connectivity index (χ2v) is 2.27. The Morgan fingerprint density at radius 3 is 3.00 bits per heavy atom. The number of aromatic nitrogens is 1. The predicted octanol–water partition coefficient (Wildman–Crippen LogP) is 0.193. The van der Waals surface area contributed by atoms with Gasteiger partial charge in [-0.2, -0.15) is 0 Å². The van der Waals surface area contributed by atoms with Crippen LogP contribution in [0.15, 0.2) is 12.3 Å². The molecule has 1 aromatic rings. The number of nitrogens with one attached hydrogen (secondary N) is 2. The lowest BCUT2D eigenvalue weighted by molar-refractivity contribution is 0.819. The van der Waals surface area contributed by atoms with Crippen LogP contribution in [-0.4, -0.2) is 12.0 Å². The van der Waals surface area contributed by atoms with E-state index in [0.29, 0.717) is 6.54 Å². The molecule has 1 aromatic heterocycles. The van der Waals surface area contributed by atoms with Crippen molar-refractivity contribution in [1.29, 1.82) is 0 Å². The van der Waals surface area contributed by atoms with Gasteiger partial charge in [-0.05, 0) is 18.7 Å². The summed E-state index contributed by atoms with van der Waals surface area (Å²) in [5.41, 5.74) is 7.75. The molecule has 0 bridgehead atoms. The monoisotopic (exact) mass is 139 g/mol. The minimum atomic E-state index is 0.587. The van der Waals surface area contributed by atoms with Gasteiger partial charge in [-0.1, -0.05) is 0 Å². The average molecular weight is 139 g/mol. The summed E-state index contributed by atoms with van der Waals surface area (Å²) in [6.45, 7) is 1.49. The summed E-state index contributed by atoms with van der Waals surface area (Å²) >= 11 is 0. The molecule has 0 amide bonds. The third kappa shape index (κ3) is 1.59. The summed E-state index contributed by atoms with van der Waals surface area (Å²) in [5.74, 6) is 0. The first-order chi connectivity index (χ1) is 4.86. The Labute approximate surface area is 60.6 Å². The van der Waals surface area contributed by atoms with E-state index in [4.69, 9.17) is 5.73 Å². The SMILES string of the molecule is CNCc1c[nH]c(CN)c1. The third-order valence-corrected chi connectivity index (χ3v) is 1.40. The fraction of sp³-hybridized carbons (Fsp3) is 0.429. The zero-order chi connectivity index (χ0) is 7.40. The van der Waals surface area contributed by atoms with Crippen LogP contribution in [0.4, 0.5) is 0 Å². The molecule has 4 N–H and O–H groups in total. The van der Waals surface area contributed by atoms with Crippen LogP contribution in [0.3, 0.4) is 0 Å². The lowest BCUT2D eigenvalue weighted by atomic mass is 10.3. The van der Waals surface area contributed by atoms with Gasteiger partial charge in [0.05, 0.1) is 0 Å². The molecule has 3 heteroatoms. The van der Waals surface area contributed by atoms with E-state index in [0.717, 1.165) is 12.2 Å². The van der Waals surface area contributed by atoms with Gasteiger partial charge in [0.25, 0.3) is 0 Å². The van der Waals surface area contributed by atoms with Gasteiger partial charge in [0.2, 0.25) is 0 Å². The Hall–Kier alpha value is -0.800. The maximum atomic E-state index is 5.41. The molecular weight excluding hydrogens is 126 g/mol. The van der Waals surface area contributed by atoms with Gasteiger partial charge in [0.15, 0.2) is 0 Å². The van der Waals surface area contributed by atoms with Crippen LogP contribution in [0.25, 0.3) is 0 Å². The number of aromatic amines is 1. The van der Waals surface area contributed by atoms with Gasteiger partial charge in [-0.3, -0.25) is 0 Å². The molecule has 56 valence electrons. The molecule has 0 spiro atoms. The van der Waals surface area contributed by atoms with E-state index in [-0.39, 0.29) is 0 Å². The number of hydrogen-bond donors (Lipinski definition) is 3. The fourth-order valence-electron chi connectivity index (χ4n) is 0.917. The van der Waals surface area contributed by atoms with Gasteiger partial charge in [0, 0.05) is 25.0 Å². The molecule has 0 aliphatic heterocycles. The third-order valence-electron chi connectivity index (χ3n) is 1.40. The highest BCUT2D eigenvalue weighted by molar-refractivity contribution is 5.15. The average Bonchev–Trinajstić information content (AvgIpc) is 2.37. The van der Waals surface area contributed by atoms with Gasteiger partial charge >= 0.3 is 0 Å². The second-order valence-electron chi connectivity index (χ2n) is 2.27. The van der Waals surface area contributed by atoms with E-state index in [1.807, 2.05) is 13.2 Å². The fourth-order valence-corrected chi connectivity index (χ4v) is 0.917. The lowest BCUT2D eigenvalue weighted by Crippen LogP contribution is -2.03. The summed E-state index contributed by atoms with van der Waals surface area (Å²) in [5, 5.41) is 3.06. The van der Waals surface area contributed by atoms with Gasteiger partial charge in [0.1, 0.15) is 0 Å². The quantitative estimate of drug-likeness (QED) is 0.560. The Morgan fingerprint density at radius 1 is 1.70 bits per heavy atom. The highest BCUT2D eigenvalue weighted by Crippen LogP contribution is 2.00.